The number of hydrogen-bond acceptors (Lipinski definition) is 9. The van der Waals surface area contributed by atoms with Crippen LogP contribution in [-0.2, 0) is 15.3 Å². The number of aliphatic hydroxyl groups is 1. The Bertz CT molecular complexity index is 1670. The van der Waals surface area contributed by atoms with Gasteiger partial charge in [-0.1, -0.05) is 88.3 Å². The maximum absolute atomic E-state index is 13.5. The van der Waals surface area contributed by atoms with Crippen molar-refractivity contribution in [3.63, 3.8) is 0 Å². The Hall–Kier alpha value is -3.57. The quantitative estimate of drug-likeness (QED) is 0.0726. The Balaban J connectivity index is 1.57. The summed E-state index contributed by atoms with van der Waals surface area (Å²) in [5.74, 6) is -0.577. The Morgan fingerprint density at radius 3 is 2.41 bits per heavy atom. The largest absolute Gasteiger partial charge is 0.507 e. The summed E-state index contributed by atoms with van der Waals surface area (Å²) in [6.07, 6.45) is 0. The molecule has 1 amide bonds. The monoisotopic (exact) mass is 627 g/mol. The molecule has 2 heterocycles. The lowest BCUT2D eigenvalue weighted by molar-refractivity contribution is -0.132. The van der Waals surface area contributed by atoms with Crippen LogP contribution in [0.1, 0.15) is 28.3 Å². The number of Topliss-reactive ketones (excluding diaryl/α,β-unsaturated/α-hetero) is 1. The van der Waals surface area contributed by atoms with E-state index in [1.165, 1.54) is 30.9 Å². The molecular weight excluding hydrogens is 605 g/mol. The lowest BCUT2D eigenvalue weighted by Gasteiger charge is -2.23. The summed E-state index contributed by atoms with van der Waals surface area (Å²) < 4.78 is 11.4. The summed E-state index contributed by atoms with van der Waals surface area (Å²) >= 11 is 14.9. The van der Waals surface area contributed by atoms with Gasteiger partial charge in [0.05, 0.1) is 25.8 Å². The second-order valence-corrected chi connectivity index (χ2v) is 12.0. The molecular formula is C29H23Cl2N3O5S2. The van der Waals surface area contributed by atoms with E-state index in [1.54, 1.807) is 42.5 Å². The van der Waals surface area contributed by atoms with Crippen LogP contribution in [0.25, 0.3) is 5.76 Å². The second-order valence-electron chi connectivity index (χ2n) is 9.02. The number of amides is 1. The molecule has 0 bridgehead atoms. The van der Waals surface area contributed by atoms with E-state index in [0.717, 1.165) is 22.5 Å². The molecule has 12 heteroatoms. The Morgan fingerprint density at radius 1 is 1.00 bits per heavy atom. The molecule has 8 nitrogen and oxygen atoms in total. The molecule has 210 valence electrons. The highest BCUT2D eigenvalue weighted by atomic mass is 35.5. The van der Waals surface area contributed by atoms with Crippen LogP contribution in [0.5, 0.6) is 11.5 Å². The second kappa shape index (κ2) is 12.1. The van der Waals surface area contributed by atoms with E-state index in [-0.39, 0.29) is 16.5 Å². The number of carbonyl (C=O) groups is 2. The van der Waals surface area contributed by atoms with E-state index in [4.69, 9.17) is 32.7 Å². The van der Waals surface area contributed by atoms with Gasteiger partial charge in [0, 0.05) is 21.4 Å². The van der Waals surface area contributed by atoms with Crippen LogP contribution in [0.4, 0.5) is 5.13 Å². The first-order valence-corrected chi connectivity index (χ1v) is 14.8. The van der Waals surface area contributed by atoms with Gasteiger partial charge >= 0.3 is 5.91 Å². The molecule has 1 saturated heterocycles. The summed E-state index contributed by atoms with van der Waals surface area (Å²) in [6.45, 7) is 1.92. The van der Waals surface area contributed by atoms with Crippen molar-refractivity contribution < 1.29 is 24.2 Å². The number of anilines is 1. The van der Waals surface area contributed by atoms with E-state index in [0.29, 0.717) is 42.8 Å². The summed E-state index contributed by atoms with van der Waals surface area (Å²) in [5.41, 5.74) is 2.71. The first-order chi connectivity index (χ1) is 19.7. The topological polar surface area (TPSA) is 102 Å². The number of aliphatic hydroxyl groups excluding tert-OH is 1. The molecule has 1 aliphatic rings. The molecule has 1 unspecified atom stereocenters. The first-order valence-electron chi connectivity index (χ1n) is 12.2. The maximum atomic E-state index is 13.5. The zero-order valence-electron chi connectivity index (χ0n) is 22.1. The number of halogens is 2. The molecule has 1 fully saturated rings. The fourth-order valence-corrected chi connectivity index (χ4v) is 6.80. The van der Waals surface area contributed by atoms with E-state index in [2.05, 4.69) is 10.2 Å². The van der Waals surface area contributed by atoms with Crippen LogP contribution in [0.15, 0.2) is 70.6 Å². The van der Waals surface area contributed by atoms with Crippen molar-refractivity contribution in [2.75, 3.05) is 19.1 Å². The highest BCUT2D eigenvalue weighted by Gasteiger charge is 2.48. The smallest absolute Gasteiger partial charge is 0.301 e. The molecule has 3 aromatic carbocycles. The van der Waals surface area contributed by atoms with E-state index in [1.807, 2.05) is 25.1 Å². The lowest BCUT2D eigenvalue weighted by Crippen LogP contribution is -2.29. The van der Waals surface area contributed by atoms with Gasteiger partial charge in [0.15, 0.2) is 15.8 Å². The third kappa shape index (κ3) is 5.78. The van der Waals surface area contributed by atoms with Crippen molar-refractivity contribution >= 4 is 68.9 Å². The van der Waals surface area contributed by atoms with Gasteiger partial charge in [-0.05, 0) is 42.3 Å². The number of benzene rings is 3. The number of ketones is 1. The zero-order valence-corrected chi connectivity index (χ0v) is 25.2. The molecule has 41 heavy (non-hydrogen) atoms. The van der Waals surface area contributed by atoms with Crippen LogP contribution < -0.4 is 14.4 Å². The molecule has 5 rings (SSSR count). The van der Waals surface area contributed by atoms with Crippen LogP contribution in [0.2, 0.25) is 10.0 Å². The van der Waals surface area contributed by atoms with Crippen molar-refractivity contribution in [2.24, 2.45) is 0 Å². The minimum Gasteiger partial charge on any atom is -0.507 e. The summed E-state index contributed by atoms with van der Waals surface area (Å²) in [5, 5.41) is 21.1. The zero-order chi connectivity index (χ0) is 29.3. The molecule has 0 radical (unpaired) electrons. The predicted octanol–water partition coefficient (Wildman–Crippen LogP) is 7.09. The number of aryl methyl sites for hydroxylation is 1. The standard InChI is InChI=1S/C29H23Cl2N3O5S2/c1-15-4-6-16(7-5-15)25(35)23-24(17-9-11-21(38-2)22(12-17)39-3)34(27(37)26(23)36)28-32-33-29(41-28)40-14-18-8-10-19(30)13-20(18)31/h4-13,24,35H,14H2,1-3H3/b25-23-. The fraction of sp³-hybridized carbons (Fsp3) is 0.172. The highest BCUT2D eigenvalue weighted by molar-refractivity contribution is 8.00. The molecule has 1 aliphatic heterocycles. The van der Waals surface area contributed by atoms with Gasteiger partial charge < -0.3 is 14.6 Å². The van der Waals surface area contributed by atoms with Crippen molar-refractivity contribution in [1.29, 1.82) is 0 Å². The van der Waals surface area contributed by atoms with Gasteiger partial charge in [-0.25, -0.2) is 0 Å². The van der Waals surface area contributed by atoms with Crippen molar-refractivity contribution in [3.8, 4) is 11.5 Å². The highest BCUT2D eigenvalue weighted by Crippen LogP contribution is 2.45. The van der Waals surface area contributed by atoms with Crippen LogP contribution in [0.3, 0.4) is 0 Å². The first kappa shape index (κ1) is 28.9. The van der Waals surface area contributed by atoms with Gasteiger partial charge in [0.2, 0.25) is 5.13 Å². The Labute approximate surface area is 254 Å². The summed E-state index contributed by atoms with van der Waals surface area (Å²) in [7, 11) is 3.00. The molecule has 1 atom stereocenters. The van der Waals surface area contributed by atoms with E-state index in [9.17, 15) is 14.7 Å². The van der Waals surface area contributed by atoms with Gasteiger partial charge in [0.1, 0.15) is 5.76 Å². The molecule has 1 N–H and O–H groups in total. The van der Waals surface area contributed by atoms with Crippen molar-refractivity contribution in [2.45, 2.75) is 23.1 Å². The third-order valence-corrected chi connectivity index (χ3v) is 9.15. The minimum absolute atomic E-state index is 0.0663. The number of aromatic nitrogens is 2. The molecule has 0 spiro atoms. The van der Waals surface area contributed by atoms with E-state index >= 15 is 0 Å². The Morgan fingerprint density at radius 2 is 1.73 bits per heavy atom. The van der Waals surface area contributed by atoms with Crippen molar-refractivity contribution in [1.82, 2.24) is 10.2 Å². The summed E-state index contributed by atoms with van der Waals surface area (Å²) in [4.78, 5) is 28.2. The Kier molecular flexibility index (Phi) is 8.55. The minimum atomic E-state index is -0.993. The number of ether oxygens (including phenoxy) is 2. The number of hydrogen-bond donors (Lipinski definition) is 1. The number of thioether (sulfide) groups is 1. The van der Waals surface area contributed by atoms with Gasteiger partial charge in [-0.2, -0.15) is 0 Å². The van der Waals surface area contributed by atoms with E-state index < -0.39 is 17.7 Å². The number of nitrogens with zero attached hydrogens (tertiary/aromatic N) is 3. The normalized spacial score (nSPS) is 16.3. The number of carbonyl (C=O) groups excluding carboxylic acids is 2. The van der Waals surface area contributed by atoms with Crippen LogP contribution >= 0.6 is 46.3 Å². The molecule has 1 aromatic heterocycles. The van der Waals surface area contributed by atoms with Crippen molar-refractivity contribution in [3.05, 3.63) is 98.5 Å². The van der Waals surface area contributed by atoms with Gasteiger partial charge in [-0.3, -0.25) is 14.5 Å². The fourth-order valence-electron chi connectivity index (χ4n) is 4.37. The van der Waals surface area contributed by atoms with Crippen LogP contribution in [0, 0.1) is 6.92 Å². The summed E-state index contributed by atoms with van der Waals surface area (Å²) in [6, 6.07) is 16.4. The number of methoxy groups -OCH3 is 2. The molecule has 0 saturated carbocycles. The average molecular weight is 629 g/mol. The SMILES string of the molecule is COc1ccc(C2/C(=C(/O)c3ccc(C)cc3)C(=O)C(=O)N2c2nnc(SCc3ccc(Cl)cc3Cl)s2)cc1OC. The lowest BCUT2D eigenvalue weighted by atomic mass is 9.95. The predicted molar refractivity (Wildman–Crippen MR) is 161 cm³/mol. The molecule has 4 aromatic rings. The van der Waals surface area contributed by atoms with Gasteiger partial charge in [-0.15, -0.1) is 10.2 Å². The maximum Gasteiger partial charge on any atom is 0.301 e. The average Bonchev–Trinajstić information content (AvgIpc) is 3.54. The van der Waals surface area contributed by atoms with Gasteiger partial charge in [0.25, 0.3) is 5.78 Å². The van der Waals surface area contributed by atoms with Crippen LogP contribution in [-0.4, -0.2) is 41.2 Å². The molecule has 0 aliphatic carbocycles. The number of rotatable bonds is 8. The third-order valence-electron chi connectivity index (χ3n) is 6.46.